The molecule has 0 bridgehead atoms. The van der Waals surface area contributed by atoms with E-state index in [1.807, 2.05) is 97.5 Å². The summed E-state index contributed by atoms with van der Waals surface area (Å²) >= 11 is 0. The van der Waals surface area contributed by atoms with Crippen molar-refractivity contribution in [3.05, 3.63) is 103 Å². The van der Waals surface area contributed by atoms with Crippen LogP contribution in [0, 0.1) is 0 Å². The van der Waals surface area contributed by atoms with Gasteiger partial charge in [0, 0.05) is 34.7 Å². The van der Waals surface area contributed by atoms with E-state index in [2.05, 4.69) is 21.7 Å². The van der Waals surface area contributed by atoms with E-state index in [1.54, 1.807) is 6.20 Å². The summed E-state index contributed by atoms with van der Waals surface area (Å²) in [7, 11) is 0. The van der Waals surface area contributed by atoms with Crippen LogP contribution >= 0.6 is 0 Å². The number of Topliss-reactive ketones (excluding diaryl/α,β-unsaturated/α-hetero) is 1. The molecule has 0 aliphatic rings. The van der Waals surface area contributed by atoms with Crippen molar-refractivity contribution in [2.24, 2.45) is 0 Å². The molecule has 4 heteroatoms. The number of pyridine rings is 2. The van der Waals surface area contributed by atoms with Gasteiger partial charge in [0.25, 0.3) is 0 Å². The minimum atomic E-state index is 0.0796. The summed E-state index contributed by atoms with van der Waals surface area (Å²) in [4.78, 5) is 17.4. The number of fused-ring (bicyclic) bond motifs is 3. The Kier molecular flexibility index (Phi) is 5.66. The van der Waals surface area contributed by atoms with Gasteiger partial charge in [-0.25, -0.2) is 4.98 Å². The fourth-order valence-electron chi connectivity index (χ4n) is 3.67. The van der Waals surface area contributed by atoms with Crippen molar-refractivity contribution in [3.8, 4) is 5.82 Å². The summed E-state index contributed by atoms with van der Waals surface area (Å²) in [6.07, 6.45) is 5.60. The maximum atomic E-state index is 12.9. The number of carbonyl (C=O) groups is 1. The van der Waals surface area contributed by atoms with Gasteiger partial charge in [0.1, 0.15) is 5.82 Å². The predicted octanol–water partition coefficient (Wildman–Crippen LogP) is 5.38. The molecule has 5 aromatic rings. The topological polar surface area (TPSA) is 38.8 Å². The number of carbonyl (C=O) groups excluding carboxylic acids is 1. The highest BCUT2D eigenvalue weighted by Crippen LogP contribution is 2.31. The first-order valence-corrected chi connectivity index (χ1v) is 10.2. The fourth-order valence-corrected chi connectivity index (χ4v) is 3.67. The molecule has 0 spiro atoms. The van der Waals surface area contributed by atoms with Gasteiger partial charge >= 0.3 is 0 Å². The average molecular weight is 394 g/mol. The van der Waals surface area contributed by atoms with Crippen LogP contribution in [-0.2, 0) is 6.54 Å². The normalized spacial score (nSPS) is 10.6. The lowest BCUT2D eigenvalue weighted by atomic mass is 10.1. The molecule has 4 nitrogen and oxygen atoms in total. The standard InChI is InChI=1S/C24H18N3O.C2H6/c28-23(17-26-14-6-1-7-15-26)18-11-12-20-19-8-2-3-9-21(19)27(22(20)16-18)24-10-4-5-13-25-24;1-2/h1-16H,17H2;1-2H3/q+1;. The summed E-state index contributed by atoms with van der Waals surface area (Å²) in [6, 6.07) is 25.9. The van der Waals surface area contributed by atoms with E-state index >= 15 is 0 Å². The lowest BCUT2D eigenvalue weighted by Crippen LogP contribution is -2.36. The van der Waals surface area contributed by atoms with Crippen LogP contribution in [0.25, 0.3) is 27.6 Å². The summed E-state index contributed by atoms with van der Waals surface area (Å²) < 4.78 is 4.01. The number of benzene rings is 2. The Morgan fingerprint density at radius 2 is 1.57 bits per heavy atom. The van der Waals surface area contributed by atoms with Gasteiger partial charge in [-0.15, -0.1) is 0 Å². The Morgan fingerprint density at radius 1 is 0.833 bits per heavy atom. The van der Waals surface area contributed by atoms with Gasteiger partial charge in [-0.05, 0) is 24.3 Å². The molecule has 30 heavy (non-hydrogen) atoms. The van der Waals surface area contributed by atoms with Crippen LogP contribution in [-0.4, -0.2) is 15.3 Å². The minimum Gasteiger partial charge on any atom is -0.294 e. The van der Waals surface area contributed by atoms with Crippen molar-refractivity contribution in [3.63, 3.8) is 0 Å². The zero-order chi connectivity index (χ0) is 20.9. The zero-order valence-corrected chi connectivity index (χ0v) is 17.2. The maximum absolute atomic E-state index is 12.9. The molecular weight excluding hydrogens is 370 g/mol. The molecule has 0 radical (unpaired) electrons. The molecule has 3 heterocycles. The number of rotatable bonds is 4. The molecule has 0 saturated carbocycles. The first-order valence-electron chi connectivity index (χ1n) is 10.2. The number of aromatic nitrogens is 3. The first-order chi connectivity index (χ1) is 14.8. The van der Waals surface area contributed by atoms with E-state index < -0.39 is 0 Å². The highest BCUT2D eigenvalue weighted by molar-refractivity contribution is 6.11. The lowest BCUT2D eigenvalue weighted by Gasteiger charge is -2.07. The molecule has 2 aromatic carbocycles. The lowest BCUT2D eigenvalue weighted by molar-refractivity contribution is -0.683. The van der Waals surface area contributed by atoms with Crippen LogP contribution in [0.4, 0.5) is 0 Å². The van der Waals surface area contributed by atoms with Crippen LogP contribution < -0.4 is 4.57 Å². The second-order valence-corrected chi connectivity index (χ2v) is 6.74. The molecule has 148 valence electrons. The van der Waals surface area contributed by atoms with Crippen molar-refractivity contribution in [1.29, 1.82) is 0 Å². The van der Waals surface area contributed by atoms with E-state index in [4.69, 9.17) is 0 Å². The van der Waals surface area contributed by atoms with E-state index in [0.29, 0.717) is 12.1 Å². The monoisotopic (exact) mass is 394 g/mol. The van der Waals surface area contributed by atoms with Crippen molar-refractivity contribution in [2.75, 3.05) is 0 Å². The molecule has 0 aliphatic heterocycles. The molecule has 0 atom stereocenters. The second-order valence-electron chi connectivity index (χ2n) is 6.74. The van der Waals surface area contributed by atoms with Crippen molar-refractivity contribution in [1.82, 2.24) is 9.55 Å². The van der Waals surface area contributed by atoms with Crippen molar-refractivity contribution in [2.45, 2.75) is 20.4 Å². The van der Waals surface area contributed by atoms with Crippen LogP contribution in [0.3, 0.4) is 0 Å². The van der Waals surface area contributed by atoms with Gasteiger partial charge < -0.3 is 0 Å². The smallest absolute Gasteiger partial charge is 0.227 e. The van der Waals surface area contributed by atoms with Gasteiger partial charge in [-0.3, -0.25) is 9.36 Å². The summed E-state index contributed by atoms with van der Waals surface area (Å²) in [5, 5.41) is 2.27. The minimum absolute atomic E-state index is 0.0796. The number of hydrogen-bond donors (Lipinski definition) is 0. The first kappa shape index (κ1) is 19.5. The summed E-state index contributed by atoms with van der Waals surface area (Å²) in [5.74, 6) is 0.923. The number of ketones is 1. The number of para-hydroxylation sites is 1. The highest BCUT2D eigenvalue weighted by Gasteiger charge is 2.17. The van der Waals surface area contributed by atoms with E-state index in [9.17, 15) is 4.79 Å². The van der Waals surface area contributed by atoms with Crippen molar-refractivity contribution < 1.29 is 9.36 Å². The molecule has 0 N–H and O–H groups in total. The number of hydrogen-bond acceptors (Lipinski definition) is 2. The number of nitrogens with zero attached hydrogens (tertiary/aromatic N) is 3. The third-order valence-electron chi connectivity index (χ3n) is 4.98. The average Bonchev–Trinajstić information content (AvgIpc) is 3.15. The molecule has 5 rings (SSSR count). The predicted molar refractivity (Wildman–Crippen MR) is 121 cm³/mol. The van der Waals surface area contributed by atoms with Crippen LogP contribution in [0.15, 0.2) is 97.5 Å². The molecule has 0 fully saturated rings. The maximum Gasteiger partial charge on any atom is 0.227 e. The fraction of sp³-hybridized carbons (Fsp3) is 0.115. The highest BCUT2D eigenvalue weighted by atomic mass is 16.1. The molecule has 0 unspecified atom stereocenters. The molecule has 0 aliphatic carbocycles. The van der Waals surface area contributed by atoms with Crippen LogP contribution in [0.1, 0.15) is 24.2 Å². The second kappa shape index (κ2) is 8.70. The molecular formula is C26H24N3O+. The third kappa shape index (κ3) is 3.60. The Hall–Kier alpha value is -3.79. The quantitative estimate of drug-likeness (QED) is 0.303. The Bertz CT molecular complexity index is 1290. The third-order valence-corrected chi connectivity index (χ3v) is 4.98. The van der Waals surface area contributed by atoms with Crippen LogP contribution in [0.5, 0.6) is 0 Å². The van der Waals surface area contributed by atoms with E-state index in [1.165, 1.54) is 0 Å². The van der Waals surface area contributed by atoms with Crippen LogP contribution in [0.2, 0.25) is 0 Å². The molecule has 0 amide bonds. The van der Waals surface area contributed by atoms with Crippen molar-refractivity contribution >= 4 is 27.6 Å². The van der Waals surface area contributed by atoms with E-state index in [-0.39, 0.29) is 5.78 Å². The SMILES string of the molecule is CC.O=C(C[n+]1ccccc1)c1ccc2c3ccccc3n(-c3ccccn3)c2c1. The zero-order valence-electron chi connectivity index (χ0n) is 17.2. The van der Waals surface area contributed by atoms with Gasteiger partial charge in [0.05, 0.1) is 11.0 Å². The Labute approximate surface area is 176 Å². The van der Waals surface area contributed by atoms with E-state index in [0.717, 1.165) is 27.6 Å². The Balaban J connectivity index is 0.00000106. The van der Waals surface area contributed by atoms with Gasteiger partial charge in [0.15, 0.2) is 12.4 Å². The van der Waals surface area contributed by atoms with Gasteiger partial charge in [-0.2, -0.15) is 4.57 Å². The Morgan fingerprint density at radius 3 is 2.33 bits per heavy atom. The molecule has 3 aromatic heterocycles. The molecule has 0 saturated heterocycles. The summed E-state index contributed by atoms with van der Waals surface area (Å²) in [6.45, 7) is 4.32. The summed E-state index contributed by atoms with van der Waals surface area (Å²) in [5.41, 5.74) is 2.77. The largest absolute Gasteiger partial charge is 0.294 e. The van der Waals surface area contributed by atoms with Gasteiger partial charge in [-0.1, -0.05) is 56.3 Å². The van der Waals surface area contributed by atoms with Gasteiger partial charge in [0.2, 0.25) is 12.3 Å².